The van der Waals surface area contributed by atoms with Crippen LogP contribution in [0.25, 0.3) is 22.5 Å². The van der Waals surface area contributed by atoms with Gasteiger partial charge in [0.05, 0.1) is 17.5 Å². The number of allylic oxidation sites excluding steroid dienone is 4. The molecule has 0 bridgehead atoms. The lowest BCUT2D eigenvalue weighted by Crippen LogP contribution is -2.27. The summed E-state index contributed by atoms with van der Waals surface area (Å²) in [6.07, 6.45) is -0.594. The number of halogens is 3. The fraction of sp³-hybridized carbons (Fsp3) is 0.261. The number of hydrogen-bond acceptors (Lipinski definition) is 4. The summed E-state index contributed by atoms with van der Waals surface area (Å²) in [7, 11) is 1.88. The number of nitrogens with zero attached hydrogens (tertiary/aromatic N) is 4. The predicted molar refractivity (Wildman–Crippen MR) is 119 cm³/mol. The fourth-order valence-corrected chi connectivity index (χ4v) is 4.29. The summed E-state index contributed by atoms with van der Waals surface area (Å²) < 4.78 is 44.5. The molecule has 1 N–H and O–H groups in total. The topological polar surface area (TPSA) is 58.6 Å². The van der Waals surface area contributed by atoms with E-state index in [-0.39, 0.29) is 18.0 Å². The number of pyridine rings is 1. The van der Waals surface area contributed by atoms with E-state index in [4.69, 9.17) is 17.5 Å². The van der Waals surface area contributed by atoms with E-state index in [9.17, 15) is 13.2 Å². The molecule has 0 amide bonds. The molecule has 1 aliphatic carbocycles. The summed E-state index contributed by atoms with van der Waals surface area (Å²) >= 11 is 5.72. The van der Waals surface area contributed by atoms with E-state index in [1.165, 1.54) is 12.2 Å². The number of nitriles is 1. The summed E-state index contributed by atoms with van der Waals surface area (Å²) in [5.74, 6) is -1.88. The SMILES string of the molecule is CNC(C)c1ccc(-n2c(=S)n(C3=CC=C(C#N)C(C(F)(F)F)C3)c3ncccc32)cc1. The van der Waals surface area contributed by atoms with Crippen molar-refractivity contribution in [3.05, 3.63) is 70.7 Å². The number of hydrogen-bond donors (Lipinski definition) is 1. The Morgan fingerprint density at radius 1 is 1.19 bits per heavy atom. The molecular formula is C23H20F3N5S. The van der Waals surface area contributed by atoms with Crippen molar-refractivity contribution >= 4 is 29.1 Å². The summed E-state index contributed by atoms with van der Waals surface area (Å²) in [4.78, 5) is 4.41. The second-order valence-corrected chi connectivity index (χ2v) is 7.96. The molecule has 9 heteroatoms. The lowest BCUT2D eigenvalue weighted by Gasteiger charge is -2.24. The monoisotopic (exact) mass is 455 g/mol. The number of imidazole rings is 1. The van der Waals surface area contributed by atoms with Crippen molar-refractivity contribution < 1.29 is 13.2 Å². The van der Waals surface area contributed by atoms with Crippen LogP contribution < -0.4 is 5.32 Å². The Hall–Kier alpha value is -3.22. The van der Waals surface area contributed by atoms with Crippen LogP contribution in [0.1, 0.15) is 24.9 Å². The van der Waals surface area contributed by atoms with Gasteiger partial charge in [0.15, 0.2) is 10.4 Å². The van der Waals surface area contributed by atoms with Gasteiger partial charge in [-0.25, -0.2) is 4.98 Å². The van der Waals surface area contributed by atoms with Gasteiger partial charge in [0.2, 0.25) is 0 Å². The van der Waals surface area contributed by atoms with Crippen molar-refractivity contribution in [1.29, 1.82) is 5.26 Å². The van der Waals surface area contributed by atoms with E-state index in [2.05, 4.69) is 10.3 Å². The molecule has 2 heterocycles. The second kappa shape index (κ2) is 8.37. The van der Waals surface area contributed by atoms with Crippen molar-refractivity contribution in [2.45, 2.75) is 25.6 Å². The van der Waals surface area contributed by atoms with Gasteiger partial charge in [-0.15, -0.1) is 0 Å². The maximum Gasteiger partial charge on any atom is 0.396 e. The third-order valence-corrected chi connectivity index (χ3v) is 6.11. The third kappa shape index (κ3) is 3.76. The lowest BCUT2D eigenvalue weighted by atomic mass is 9.90. The van der Waals surface area contributed by atoms with Crippen LogP contribution in [-0.2, 0) is 0 Å². The molecule has 4 rings (SSSR count). The number of aromatic nitrogens is 3. The zero-order valence-corrected chi connectivity index (χ0v) is 18.2. The van der Waals surface area contributed by atoms with Crippen LogP contribution in [0.15, 0.2) is 60.3 Å². The van der Waals surface area contributed by atoms with Gasteiger partial charge in [0.1, 0.15) is 0 Å². The lowest BCUT2D eigenvalue weighted by molar-refractivity contribution is -0.161. The van der Waals surface area contributed by atoms with Gasteiger partial charge in [0.25, 0.3) is 0 Å². The minimum atomic E-state index is -4.53. The van der Waals surface area contributed by atoms with E-state index < -0.39 is 12.1 Å². The van der Waals surface area contributed by atoms with Gasteiger partial charge >= 0.3 is 6.18 Å². The van der Waals surface area contributed by atoms with Crippen LogP contribution in [0.4, 0.5) is 13.2 Å². The van der Waals surface area contributed by atoms with Gasteiger partial charge in [-0.1, -0.05) is 12.1 Å². The Balaban J connectivity index is 1.88. The van der Waals surface area contributed by atoms with Crippen molar-refractivity contribution in [1.82, 2.24) is 19.4 Å². The molecule has 0 saturated heterocycles. The van der Waals surface area contributed by atoms with Gasteiger partial charge < -0.3 is 5.32 Å². The number of alkyl halides is 3. The maximum absolute atomic E-state index is 13.6. The van der Waals surface area contributed by atoms with Gasteiger partial charge in [-0.3, -0.25) is 9.13 Å². The molecule has 2 aromatic heterocycles. The summed E-state index contributed by atoms with van der Waals surface area (Å²) in [6, 6.07) is 13.3. The highest BCUT2D eigenvalue weighted by atomic mass is 32.1. The average molecular weight is 456 g/mol. The van der Waals surface area contributed by atoms with Crippen LogP contribution >= 0.6 is 12.2 Å². The molecular weight excluding hydrogens is 435 g/mol. The Morgan fingerprint density at radius 2 is 1.91 bits per heavy atom. The van der Waals surface area contributed by atoms with Crippen molar-refractivity contribution in [3.63, 3.8) is 0 Å². The zero-order chi connectivity index (χ0) is 23.0. The molecule has 0 aliphatic heterocycles. The number of fused-ring (bicyclic) bond motifs is 1. The maximum atomic E-state index is 13.6. The van der Waals surface area contributed by atoms with E-state index in [1.54, 1.807) is 27.5 Å². The molecule has 0 radical (unpaired) electrons. The molecule has 2 unspecified atom stereocenters. The molecule has 3 aromatic rings. The van der Waals surface area contributed by atoms with Crippen molar-refractivity contribution in [2.24, 2.45) is 5.92 Å². The largest absolute Gasteiger partial charge is 0.396 e. The highest BCUT2D eigenvalue weighted by molar-refractivity contribution is 7.71. The minimum Gasteiger partial charge on any atom is -0.313 e. The first kappa shape index (κ1) is 22.0. The van der Waals surface area contributed by atoms with Crippen LogP contribution in [0.2, 0.25) is 0 Å². The smallest absolute Gasteiger partial charge is 0.313 e. The van der Waals surface area contributed by atoms with E-state index in [0.29, 0.717) is 21.6 Å². The minimum absolute atomic E-state index is 0.174. The van der Waals surface area contributed by atoms with Crippen LogP contribution in [0.3, 0.4) is 0 Å². The quantitative estimate of drug-likeness (QED) is 0.512. The molecule has 1 aliphatic rings. The van der Waals surface area contributed by atoms with Gasteiger partial charge in [0, 0.05) is 35.6 Å². The molecule has 0 fully saturated rings. The average Bonchev–Trinajstić information content (AvgIpc) is 3.09. The second-order valence-electron chi connectivity index (χ2n) is 7.59. The van der Waals surface area contributed by atoms with E-state index in [1.807, 2.05) is 44.3 Å². The Kier molecular flexibility index (Phi) is 5.75. The Morgan fingerprint density at radius 3 is 2.53 bits per heavy atom. The number of benzene rings is 1. The van der Waals surface area contributed by atoms with Crippen molar-refractivity contribution in [3.8, 4) is 11.8 Å². The highest BCUT2D eigenvalue weighted by Gasteiger charge is 2.44. The standard InChI is InChI=1S/C23H20F3N5S/c1-14(28-2)15-5-8-17(9-6-15)30-20-4-3-11-29-21(20)31(22(30)32)18-10-7-16(13-27)19(12-18)23(24,25)26/h3-11,14,19,28H,12H2,1-2H3. The summed E-state index contributed by atoms with van der Waals surface area (Å²) in [6.45, 7) is 2.05. The number of nitrogens with one attached hydrogen (secondary N) is 1. The molecule has 0 saturated carbocycles. The first-order valence-electron chi connectivity index (χ1n) is 10.00. The Bertz CT molecular complexity index is 1320. The first-order valence-corrected chi connectivity index (χ1v) is 10.4. The zero-order valence-electron chi connectivity index (χ0n) is 17.4. The highest BCUT2D eigenvalue weighted by Crippen LogP contribution is 2.40. The molecule has 2 atom stereocenters. The predicted octanol–water partition coefficient (Wildman–Crippen LogP) is 5.71. The van der Waals surface area contributed by atoms with Gasteiger partial charge in [-0.2, -0.15) is 18.4 Å². The molecule has 32 heavy (non-hydrogen) atoms. The van der Waals surface area contributed by atoms with Crippen LogP contribution in [0.5, 0.6) is 0 Å². The number of rotatable bonds is 4. The van der Waals surface area contributed by atoms with Crippen LogP contribution in [0, 0.1) is 22.0 Å². The molecule has 0 spiro atoms. The molecule has 1 aromatic carbocycles. The van der Waals surface area contributed by atoms with Crippen LogP contribution in [-0.4, -0.2) is 27.3 Å². The van der Waals surface area contributed by atoms with Gasteiger partial charge in [-0.05, 0) is 68.2 Å². The Labute approximate surface area is 188 Å². The molecule has 5 nitrogen and oxygen atoms in total. The third-order valence-electron chi connectivity index (χ3n) is 5.74. The summed E-state index contributed by atoms with van der Waals surface area (Å²) in [5.41, 5.74) is 3.08. The molecule has 164 valence electrons. The summed E-state index contributed by atoms with van der Waals surface area (Å²) in [5, 5.41) is 12.3. The van der Waals surface area contributed by atoms with Crippen molar-refractivity contribution in [2.75, 3.05) is 7.05 Å². The first-order chi connectivity index (χ1) is 15.3. The van der Waals surface area contributed by atoms with E-state index in [0.717, 1.165) is 11.3 Å². The van der Waals surface area contributed by atoms with E-state index >= 15 is 0 Å². The fourth-order valence-electron chi connectivity index (χ4n) is 3.88. The normalized spacial score (nSPS) is 17.6.